The molecular weight excluding hydrogens is 324 g/mol. The predicted octanol–water partition coefficient (Wildman–Crippen LogP) is 3.41. The fourth-order valence-corrected chi connectivity index (χ4v) is 2.78. The average molecular weight is 348 g/mol. The van der Waals surface area contributed by atoms with Crippen LogP contribution in [0.4, 0.5) is 17.5 Å². The highest BCUT2D eigenvalue weighted by Crippen LogP contribution is 2.23. The Kier molecular flexibility index (Phi) is 5.73. The summed E-state index contributed by atoms with van der Waals surface area (Å²) >= 11 is 0. The highest BCUT2D eigenvalue weighted by atomic mass is 15.3. The topological polar surface area (TPSA) is 58.0 Å². The Morgan fingerprint density at radius 1 is 1.08 bits per heavy atom. The number of pyridine rings is 1. The first kappa shape index (κ1) is 17.8. The van der Waals surface area contributed by atoms with Gasteiger partial charge < -0.3 is 9.80 Å². The molecule has 0 amide bonds. The van der Waals surface area contributed by atoms with E-state index in [0.29, 0.717) is 5.95 Å². The summed E-state index contributed by atoms with van der Waals surface area (Å²) < 4.78 is 0. The molecule has 0 N–H and O–H groups in total. The van der Waals surface area contributed by atoms with Crippen LogP contribution in [0.25, 0.3) is 0 Å². The molecule has 0 atom stereocenters. The quantitative estimate of drug-likeness (QED) is 0.652. The van der Waals surface area contributed by atoms with Crippen LogP contribution < -0.4 is 9.80 Å². The molecular formula is C20H24N6. The van der Waals surface area contributed by atoms with Crippen LogP contribution in [0.2, 0.25) is 0 Å². The van der Waals surface area contributed by atoms with Crippen LogP contribution in [-0.4, -0.2) is 40.3 Å². The SMILES string of the molecule is CCN(c1cccc(C)c1)c1nncc(N(C)CCc2ccncc2)n1. The van der Waals surface area contributed by atoms with Crippen molar-refractivity contribution in [1.82, 2.24) is 20.2 Å². The Morgan fingerprint density at radius 2 is 1.88 bits per heavy atom. The van der Waals surface area contributed by atoms with E-state index in [0.717, 1.165) is 31.0 Å². The third-order valence-corrected chi connectivity index (χ3v) is 4.28. The van der Waals surface area contributed by atoms with Gasteiger partial charge in [0.25, 0.3) is 5.95 Å². The van der Waals surface area contributed by atoms with Crippen molar-refractivity contribution in [2.24, 2.45) is 0 Å². The third-order valence-electron chi connectivity index (χ3n) is 4.28. The first-order chi connectivity index (χ1) is 12.7. The van der Waals surface area contributed by atoms with E-state index in [-0.39, 0.29) is 0 Å². The molecule has 0 saturated heterocycles. The van der Waals surface area contributed by atoms with Gasteiger partial charge in [0.1, 0.15) is 0 Å². The smallest absolute Gasteiger partial charge is 0.251 e. The molecule has 134 valence electrons. The summed E-state index contributed by atoms with van der Waals surface area (Å²) in [5, 5.41) is 8.42. The molecule has 0 fully saturated rings. The van der Waals surface area contributed by atoms with Gasteiger partial charge in [-0.25, -0.2) is 0 Å². The molecule has 0 saturated carbocycles. The van der Waals surface area contributed by atoms with Crippen molar-refractivity contribution in [2.75, 3.05) is 29.9 Å². The van der Waals surface area contributed by atoms with Crippen molar-refractivity contribution in [3.8, 4) is 0 Å². The van der Waals surface area contributed by atoms with Crippen LogP contribution >= 0.6 is 0 Å². The second-order valence-corrected chi connectivity index (χ2v) is 6.22. The average Bonchev–Trinajstić information content (AvgIpc) is 2.68. The molecule has 6 nitrogen and oxygen atoms in total. The molecule has 0 unspecified atom stereocenters. The van der Waals surface area contributed by atoms with Crippen LogP contribution in [0, 0.1) is 6.92 Å². The highest BCUT2D eigenvalue weighted by Gasteiger charge is 2.13. The molecule has 26 heavy (non-hydrogen) atoms. The predicted molar refractivity (Wildman–Crippen MR) is 105 cm³/mol. The molecule has 0 aliphatic carbocycles. The molecule has 2 heterocycles. The van der Waals surface area contributed by atoms with Crippen LogP contribution in [0.3, 0.4) is 0 Å². The normalized spacial score (nSPS) is 10.6. The molecule has 2 aromatic heterocycles. The van der Waals surface area contributed by atoms with Gasteiger partial charge in [-0.15, -0.1) is 5.10 Å². The number of hydrogen-bond donors (Lipinski definition) is 0. The van der Waals surface area contributed by atoms with Crippen molar-refractivity contribution in [3.05, 3.63) is 66.1 Å². The van der Waals surface area contributed by atoms with Gasteiger partial charge in [0.05, 0.1) is 6.20 Å². The van der Waals surface area contributed by atoms with Crippen molar-refractivity contribution in [1.29, 1.82) is 0 Å². The fourth-order valence-electron chi connectivity index (χ4n) is 2.78. The monoisotopic (exact) mass is 348 g/mol. The molecule has 0 bridgehead atoms. The minimum absolute atomic E-state index is 0.617. The zero-order valence-corrected chi connectivity index (χ0v) is 15.5. The summed E-state index contributed by atoms with van der Waals surface area (Å²) in [6, 6.07) is 12.4. The standard InChI is InChI=1S/C20H24N6/c1-4-26(18-7-5-6-16(2)14-18)20-23-19(15-22-24-20)25(3)13-10-17-8-11-21-12-9-17/h5-9,11-12,14-15H,4,10,13H2,1-3H3. The summed E-state index contributed by atoms with van der Waals surface area (Å²) in [5.74, 6) is 1.43. The Hall–Kier alpha value is -3.02. The molecule has 1 aromatic carbocycles. The van der Waals surface area contributed by atoms with E-state index in [4.69, 9.17) is 4.98 Å². The van der Waals surface area contributed by atoms with E-state index in [9.17, 15) is 0 Å². The molecule has 0 aliphatic heterocycles. The number of likely N-dealkylation sites (N-methyl/N-ethyl adjacent to an activating group) is 1. The lowest BCUT2D eigenvalue weighted by Gasteiger charge is -2.23. The maximum Gasteiger partial charge on any atom is 0.251 e. The number of hydrogen-bond acceptors (Lipinski definition) is 6. The van der Waals surface area contributed by atoms with E-state index < -0.39 is 0 Å². The number of benzene rings is 1. The summed E-state index contributed by atoms with van der Waals surface area (Å²) in [4.78, 5) is 13.0. The van der Waals surface area contributed by atoms with Gasteiger partial charge in [0.15, 0.2) is 5.82 Å². The first-order valence-electron chi connectivity index (χ1n) is 8.81. The Morgan fingerprint density at radius 3 is 2.62 bits per heavy atom. The molecule has 0 radical (unpaired) electrons. The van der Waals surface area contributed by atoms with E-state index >= 15 is 0 Å². The zero-order valence-electron chi connectivity index (χ0n) is 15.5. The van der Waals surface area contributed by atoms with Crippen LogP contribution in [0.5, 0.6) is 0 Å². The Bertz CT molecular complexity index is 836. The summed E-state index contributed by atoms with van der Waals surface area (Å²) in [7, 11) is 2.03. The molecule has 3 aromatic rings. The number of nitrogens with zero attached hydrogens (tertiary/aromatic N) is 6. The molecule has 3 rings (SSSR count). The lowest BCUT2D eigenvalue weighted by molar-refractivity contribution is 0.821. The van der Waals surface area contributed by atoms with Crippen molar-refractivity contribution in [2.45, 2.75) is 20.3 Å². The Balaban J connectivity index is 1.76. The number of aryl methyl sites for hydroxylation is 1. The lowest BCUT2D eigenvalue weighted by Crippen LogP contribution is -2.24. The van der Waals surface area contributed by atoms with E-state index in [1.165, 1.54) is 11.1 Å². The zero-order chi connectivity index (χ0) is 18.4. The minimum atomic E-state index is 0.617. The minimum Gasteiger partial charge on any atom is -0.358 e. The van der Waals surface area contributed by atoms with Gasteiger partial charge in [-0.1, -0.05) is 12.1 Å². The lowest BCUT2D eigenvalue weighted by atomic mass is 10.2. The van der Waals surface area contributed by atoms with Crippen molar-refractivity contribution >= 4 is 17.5 Å². The largest absolute Gasteiger partial charge is 0.358 e. The van der Waals surface area contributed by atoms with Gasteiger partial charge in [-0.2, -0.15) is 10.1 Å². The Labute approximate surface area is 154 Å². The first-order valence-corrected chi connectivity index (χ1v) is 8.81. The number of aromatic nitrogens is 4. The molecule has 0 aliphatic rings. The third kappa shape index (κ3) is 4.33. The molecule has 0 spiro atoms. The molecule has 6 heteroatoms. The van der Waals surface area contributed by atoms with Crippen LogP contribution in [-0.2, 0) is 6.42 Å². The summed E-state index contributed by atoms with van der Waals surface area (Å²) in [6.07, 6.45) is 6.27. The van der Waals surface area contributed by atoms with Crippen LogP contribution in [0.15, 0.2) is 55.0 Å². The van der Waals surface area contributed by atoms with Gasteiger partial charge in [-0.05, 0) is 55.7 Å². The van der Waals surface area contributed by atoms with Gasteiger partial charge in [-0.3, -0.25) is 4.98 Å². The van der Waals surface area contributed by atoms with E-state index in [1.54, 1.807) is 6.20 Å². The second-order valence-electron chi connectivity index (χ2n) is 6.22. The summed E-state index contributed by atoms with van der Waals surface area (Å²) in [6.45, 7) is 5.79. The maximum absolute atomic E-state index is 4.73. The van der Waals surface area contributed by atoms with Crippen molar-refractivity contribution < 1.29 is 0 Å². The van der Waals surface area contributed by atoms with Gasteiger partial charge in [0.2, 0.25) is 0 Å². The van der Waals surface area contributed by atoms with Gasteiger partial charge in [0, 0.05) is 38.2 Å². The second kappa shape index (κ2) is 8.38. The van der Waals surface area contributed by atoms with E-state index in [1.807, 2.05) is 37.6 Å². The number of anilines is 3. The highest BCUT2D eigenvalue weighted by molar-refractivity contribution is 5.58. The fraction of sp³-hybridized carbons (Fsp3) is 0.300. The summed E-state index contributed by atoms with van der Waals surface area (Å²) in [5.41, 5.74) is 3.54. The van der Waals surface area contributed by atoms with Crippen LogP contribution in [0.1, 0.15) is 18.1 Å². The van der Waals surface area contributed by atoms with E-state index in [2.05, 4.69) is 57.0 Å². The van der Waals surface area contributed by atoms with Gasteiger partial charge >= 0.3 is 0 Å². The van der Waals surface area contributed by atoms with Crippen molar-refractivity contribution in [3.63, 3.8) is 0 Å². The maximum atomic E-state index is 4.73. The number of rotatable bonds is 7.